The summed E-state index contributed by atoms with van der Waals surface area (Å²) < 4.78 is 7.27. The average molecular weight is 488 g/mol. The van der Waals surface area contributed by atoms with E-state index in [1.165, 1.54) is 19.1 Å². The van der Waals surface area contributed by atoms with Crippen LogP contribution in [0.5, 0.6) is 0 Å². The molecule has 1 N–H and O–H groups in total. The summed E-state index contributed by atoms with van der Waals surface area (Å²) in [6.45, 7) is 10.2. The third kappa shape index (κ3) is 4.84. The molecule has 1 aromatic heterocycles. The fourth-order valence-corrected chi connectivity index (χ4v) is 4.37. The van der Waals surface area contributed by atoms with Crippen molar-refractivity contribution in [3.63, 3.8) is 0 Å². The van der Waals surface area contributed by atoms with Gasteiger partial charge in [-0.15, -0.1) is 0 Å². The molecule has 1 aliphatic rings. The van der Waals surface area contributed by atoms with Gasteiger partial charge in [0.15, 0.2) is 17.7 Å². The number of aryl methyl sites for hydroxylation is 1. The summed E-state index contributed by atoms with van der Waals surface area (Å²) in [6, 6.07) is 11.2. The van der Waals surface area contributed by atoms with Gasteiger partial charge in [0.2, 0.25) is 0 Å². The summed E-state index contributed by atoms with van der Waals surface area (Å²) in [5.74, 6) is -1.17. The number of hydrogen-bond donors (Lipinski definition) is 1. The lowest BCUT2D eigenvalue weighted by Gasteiger charge is -2.19. The molecule has 4 rings (SSSR count). The number of esters is 1. The minimum absolute atomic E-state index is 0.0161. The number of carbonyl (C=O) groups excluding carboxylic acids is 4. The second-order valence-corrected chi connectivity index (χ2v) is 9.49. The highest BCUT2D eigenvalue weighted by Gasteiger charge is 2.30. The summed E-state index contributed by atoms with van der Waals surface area (Å²) in [5.41, 5.74) is 4.03. The van der Waals surface area contributed by atoms with Crippen LogP contribution in [0.3, 0.4) is 0 Å². The standard InChI is InChI=1S/C28H29N3O5/c1-15(2)14-31-17(4)23(16(3)30-31)13-25(32)36-18(5)28(35)29-19-10-11-22-24(12-19)27(34)21-9-7-6-8-20(21)26(22)33/h6-12,15,18H,13-14H2,1-5H3,(H,29,35). The summed E-state index contributed by atoms with van der Waals surface area (Å²) in [6.07, 6.45) is -1.04. The Morgan fingerprint density at radius 3 is 2.19 bits per heavy atom. The smallest absolute Gasteiger partial charge is 0.311 e. The third-order valence-corrected chi connectivity index (χ3v) is 6.26. The number of fused-ring (bicyclic) bond motifs is 2. The van der Waals surface area contributed by atoms with Gasteiger partial charge in [-0.1, -0.05) is 38.1 Å². The monoisotopic (exact) mass is 487 g/mol. The van der Waals surface area contributed by atoms with Crippen LogP contribution in [-0.2, 0) is 27.3 Å². The molecule has 1 atom stereocenters. The van der Waals surface area contributed by atoms with Gasteiger partial charge in [-0.25, -0.2) is 0 Å². The molecule has 0 spiro atoms. The summed E-state index contributed by atoms with van der Waals surface area (Å²) in [5, 5.41) is 7.19. The van der Waals surface area contributed by atoms with Gasteiger partial charge in [0, 0.05) is 45.7 Å². The van der Waals surface area contributed by atoms with Gasteiger partial charge in [0.25, 0.3) is 5.91 Å². The Kier molecular flexibility index (Phi) is 6.88. The molecule has 0 saturated heterocycles. The zero-order valence-electron chi connectivity index (χ0n) is 21.0. The molecule has 0 radical (unpaired) electrons. The zero-order valence-corrected chi connectivity index (χ0v) is 21.0. The van der Waals surface area contributed by atoms with Crippen molar-refractivity contribution in [3.8, 4) is 0 Å². The fraction of sp³-hybridized carbons (Fsp3) is 0.321. The van der Waals surface area contributed by atoms with Crippen LogP contribution in [0.1, 0.15) is 69.6 Å². The van der Waals surface area contributed by atoms with E-state index in [9.17, 15) is 19.2 Å². The molecule has 186 valence electrons. The van der Waals surface area contributed by atoms with Crippen LogP contribution in [0, 0.1) is 19.8 Å². The maximum absolute atomic E-state index is 12.9. The first kappa shape index (κ1) is 25.0. The van der Waals surface area contributed by atoms with Gasteiger partial charge in [0.1, 0.15) is 0 Å². The predicted molar refractivity (Wildman–Crippen MR) is 134 cm³/mol. The van der Waals surface area contributed by atoms with Crippen LogP contribution in [0.25, 0.3) is 0 Å². The second kappa shape index (κ2) is 9.89. The lowest BCUT2D eigenvalue weighted by molar-refractivity contribution is -0.152. The number of aromatic nitrogens is 2. The number of benzene rings is 2. The first-order valence-electron chi connectivity index (χ1n) is 11.9. The maximum Gasteiger partial charge on any atom is 0.311 e. The van der Waals surface area contributed by atoms with Crippen LogP contribution in [0.4, 0.5) is 5.69 Å². The lowest BCUT2D eigenvalue weighted by Crippen LogP contribution is -2.31. The summed E-state index contributed by atoms with van der Waals surface area (Å²) >= 11 is 0. The van der Waals surface area contributed by atoms with Crippen LogP contribution in [0.15, 0.2) is 42.5 Å². The Morgan fingerprint density at radius 1 is 0.944 bits per heavy atom. The van der Waals surface area contributed by atoms with Crippen molar-refractivity contribution in [1.82, 2.24) is 9.78 Å². The molecule has 8 heteroatoms. The van der Waals surface area contributed by atoms with E-state index in [1.807, 2.05) is 18.5 Å². The largest absolute Gasteiger partial charge is 0.452 e. The highest BCUT2D eigenvalue weighted by molar-refractivity contribution is 6.28. The Morgan fingerprint density at radius 2 is 1.56 bits per heavy atom. The number of nitrogens with zero attached hydrogens (tertiary/aromatic N) is 2. The quantitative estimate of drug-likeness (QED) is 0.394. The van der Waals surface area contributed by atoms with E-state index in [0.29, 0.717) is 28.3 Å². The molecule has 0 fully saturated rings. The minimum atomic E-state index is -1.06. The number of rotatable bonds is 7. The molecule has 1 amide bonds. The van der Waals surface area contributed by atoms with E-state index >= 15 is 0 Å². The van der Waals surface area contributed by atoms with E-state index < -0.39 is 18.0 Å². The number of ketones is 2. The van der Waals surface area contributed by atoms with Gasteiger partial charge < -0.3 is 10.1 Å². The first-order chi connectivity index (χ1) is 17.1. The SMILES string of the molecule is Cc1nn(CC(C)C)c(C)c1CC(=O)OC(C)C(=O)Nc1ccc2c(c1)C(=O)c1ccccc1C2=O. The van der Waals surface area contributed by atoms with Crippen LogP contribution in [-0.4, -0.2) is 39.3 Å². The van der Waals surface area contributed by atoms with Gasteiger partial charge in [-0.3, -0.25) is 23.9 Å². The molecule has 3 aromatic rings. The van der Waals surface area contributed by atoms with E-state index in [-0.39, 0.29) is 23.6 Å². The molecule has 1 aliphatic carbocycles. The van der Waals surface area contributed by atoms with Crippen molar-refractivity contribution in [2.75, 3.05) is 5.32 Å². The van der Waals surface area contributed by atoms with Crippen molar-refractivity contribution in [2.24, 2.45) is 5.92 Å². The highest BCUT2D eigenvalue weighted by atomic mass is 16.5. The van der Waals surface area contributed by atoms with Crippen molar-refractivity contribution < 1.29 is 23.9 Å². The summed E-state index contributed by atoms with van der Waals surface area (Å²) in [4.78, 5) is 51.0. The molecular formula is C28H29N3O5. The molecule has 0 saturated carbocycles. The summed E-state index contributed by atoms with van der Waals surface area (Å²) in [7, 11) is 0. The van der Waals surface area contributed by atoms with Crippen LogP contribution in [0.2, 0.25) is 0 Å². The van der Waals surface area contributed by atoms with E-state index in [0.717, 1.165) is 23.5 Å². The topological polar surface area (TPSA) is 107 Å². The van der Waals surface area contributed by atoms with Crippen molar-refractivity contribution in [1.29, 1.82) is 0 Å². The van der Waals surface area contributed by atoms with Crippen molar-refractivity contribution in [2.45, 2.75) is 53.7 Å². The number of anilines is 1. The van der Waals surface area contributed by atoms with E-state index in [4.69, 9.17) is 4.74 Å². The first-order valence-corrected chi connectivity index (χ1v) is 11.9. The second-order valence-electron chi connectivity index (χ2n) is 9.49. The molecule has 0 bridgehead atoms. The molecule has 0 aliphatic heterocycles. The molecule has 1 unspecified atom stereocenters. The van der Waals surface area contributed by atoms with E-state index in [1.54, 1.807) is 30.3 Å². The normalized spacial score (nSPS) is 13.3. The number of amides is 1. The Balaban J connectivity index is 1.42. The molecule has 8 nitrogen and oxygen atoms in total. The number of ether oxygens (including phenoxy) is 1. The average Bonchev–Trinajstić information content (AvgIpc) is 3.09. The van der Waals surface area contributed by atoms with Crippen molar-refractivity contribution >= 4 is 29.1 Å². The molecule has 2 aromatic carbocycles. The van der Waals surface area contributed by atoms with Gasteiger partial charge in [-0.05, 0) is 44.9 Å². The Labute approximate surface area is 209 Å². The van der Waals surface area contributed by atoms with Gasteiger partial charge in [-0.2, -0.15) is 5.10 Å². The fourth-order valence-electron chi connectivity index (χ4n) is 4.37. The van der Waals surface area contributed by atoms with Gasteiger partial charge >= 0.3 is 5.97 Å². The van der Waals surface area contributed by atoms with Crippen LogP contribution >= 0.6 is 0 Å². The molecule has 36 heavy (non-hydrogen) atoms. The maximum atomic E-state index is 12.9. The highest BCUT2D eigenvalue weighted by Crippen LogP contribution is 2.29. The Hall–Kier alpha value is -4.07. The predicted octanol–water partition coefficient (Wildman–Crippen LogP) is 4.04. The van der Waals surface area contributed by atoms with Crippen molar-refractivity contribution in [3.05, 3.63) is 81.7 Å². The minimum Gasteiger partial charge on any atom is -0.452 e. The molecule has 1 heterocycles. The third-order valence-electron chi connectivity index (χ3n) is 6.26. The number of nitrogens with one attached hydrogen (secondary N) is 1. The number of carbonyl (C=O) groups is 4. The lowest BCUT2D eigenvalue weighted by atomic mass is 9.84. The Bertz CT molecular complexity index is 1390. The van der Waals surface area contributed by atoms with E-state index in [2.05, 4.69) is 24.3 Å². The number of hydrogen-bond acceptors (Lipinski definition) is 6. The molecular weight excluding hydrogens is 458 g/mol. The van der Waals surface area contributed by atoms with Gasteiger partial charge in [0.05, 0.1) is 12.1 Å². The van der Waals surface area contributed by atoms with Crippen LogP contribution < -0.4 is 5.32 Å². The zero-order chi connectivity index (χ0) is 26.1.